The van der Waals surface area contributed by atoms with E-state index in [9.17, 15) is 13.4 Å². The van der Waals surface area contributed by atoms with Crippen LogP contribution in [-0.4, -0.2) is 20.6 Å². The predicted molar refractivity (Wildman–Crippen MR) is 76.8 cm³/mol. The summed E-state index contributed by atoms with van der Waals surface area (Å²) in [4.78, 5) is 11.9. The number of carbonyl (C=O) groups is 1. The molecule has 3 unspecified atom stereocenters. The number of carbonyl (C=O) groups excluding carboxylic acids is 1. The average Bonchev–Trinajstić information content (AvgIpc) is 2.40. The zero-order valence-electron chi connectivity index (χ0n) is 11.3. The number of halogens is 1. The maximum absolute atomic E-state index is 13.0. The summed E-state index contributed by atoms with van der Waals surface area (Å²) in [7, 11) is -1.24. The van der Waals surface area contributed by atoms with Crippen LogP contribution in [0.1, 0.15) is 27.2 Å². The molecule has 1 rings (SSSR count). The molecule has 1 aromatic carbocycles. The third-order valence-electron chi connectivity index (χ3n) is 2.95. The van der Waals surface area contributed by atoms with Crippen LogP contribution < -0.4 is 11.1 Å². The lowest BCUT2D eigenvalue weighted by molar-refractivity contribution is -0.115. The zero-order valence-corrected chi connectivity index (χ0v) is 12.1. The highest BCUT2D eigenvalue weighted by Gasteiger charge is 2.23. The second kappa shape index (κ2) is 6.65. The van der Waals surface area contributed by atoms with Gasteiger partial charge in [-0.15, -0.1) is 0 Å². The van der Waals surface area contributed by atoms with E-state index in [1.54, 1.807) is 6.92 Å². The fraction of sp³-hybridized carbons (Fsp3) is 0.462. The van der Waals surface area contributed by atoms with Gasteiger partial charge in [0, 0.05) is 21.7 Å². The molecule has 0 aliphatic rings. The highest BCUT2D eigenvalue weighted by atomic mass is 32.2. The standard InChI is InChI=1S/C13H19FN2O2S/c1-4-8(2)19(18)9(3)13(17)16-10-5-6-11(14)12(15)7-10/h5-9H,4,15H2,1-3H3,(H,16,17). The predicted octanol–water partition coefficient (Wildman–Crippen LogP) is 2.28. The maximum Gasteiger partial charge on any atom is 0.239 e. The number of nitrogens with one attached hydrogen (secondary N) is 1. The molecule has 0 heterocycles. The summed E-state index contributed by atoms with van der Waals surface area (Å²) in [6.45, 7) is 5.38. The van der Waals surface area contributed by atoms with E-state index in [1.165, 1.54) is 18.2 Å². The third-order valence-corrected chi connectivity index (χ3v) is 4.99. The summed E-state index contributed by atoms with van der Waals surface area (Å²) in [5, 5.41) is 1.92. The molecule has 0 saturated carbocycles. The first-order valence-electron chi connectivity index (χ1n) is 6.12. The van der Waals surface area contributed by atoms with Gasteiger partial charge in [0.2, 0.25) is 5.91 Å². The topological polar surface area (TPSA) is 72.2 Å². The van der Waals surface area contributed by atoms with Gasteiger partial charge in [-0.25, -0.2) is 4.39 Å². The lowest BCUT2D eigenvalue weighted by Crippen LogP contribution is -2.33. The largest absolute Gasteiger partial charge is 0.396 e. The number of nitrogens with two attached hydrogens (primary N) is 1. The molecule has 0 aliphatic heterocycles. The van der Waals surface area contributed by atoms with Crippen molar-refractivity contribution < 1.29 is 13.4 Å². The van der Waals surface area contributed by atoms with Gasteiger partial charge in [-0.1, -0.05) is 13.8 Å². The van der Waals surface area contributed by atoms with Crippen molar-refractivity contribution in [2.24, 2.45) is 0 Å². The van der Waals surface area contributed by atoms with Crippen molar-refractivity contribution in [3.8, 4) is 0 Å². The Morgan fingerprint density at radius 3 is 2.63 bits per heavy atom. The molecular formula is C13H19FN2O2S. The molecule has 1 amide bonds. The number of nitrogen functional groups attached to an aromatic ring is 1. The van der Waals surface area contributed by atoms with Crippen LogP contribution in [0.4, 0.5) is 15.8 Å². The Labute approximate surface area is 115 Å². The number of hydrogen-bond donors (Lipinski definition) is 2. The first kappa shape index (κ1) is 15.6. The Balaban J connectivity index is 2.73. The smallest absolute Gasteiger partial charge is 0.239 e. The summed E-state index contributed by atoms with van der Waals surface area (Å²) < 4.78 is 25.0. The van der Waals surface area contributed by atoms with E-state index >= 15 is 0 Å². The van der Waals surface area contributed by atoms with Gasteiger partial charge in [0.05, 0.1) is 5.69 Å². The van der Waals surface area contributed by atoms with Gasteiger partial charge >= 0.3 is 0 Å². The lowest BCUT2D eigenvalue weighted by Gasteiger charge is -2.16. The van der Waals surface area contributed by atoms with Crippen LogP contribution in [0.15, 0.2) is 18.2 Å². The molecule has 3 N–H and O–H groups in total. The minimum Gasteiger partial charge on any atom is -0.396 e. The summed E-state index contributed by atoms with van der Waals surface area (Å²) in [6.07, 6.45) is 0.744. The highest BCUT2D eigenvalue weighted by molar-refractivity contribution is 7.87. The van der Waals surface area contributed by atoms with E-state index in [2.05, 4.69) is 5.32 Å². The fourth-order valence-electron chi connectivity index (χ4n) is 1.48. The molecular weight excluding hydrogens is 267 g/mol. The molecule has 0 aliphatic carbocycles. The number of benzene rings is 1. The monoisotopic (exact) mass is 286 g/mol. The van der Waals surface area contributed by atoms with Gasteiger partial charge in [-0.3, -0.25) is 9.00 Å². The van der Waals surface area contributed by atoms with Gasteiger partial charge in [-0.2, -0.15) is 0 Å². The van der Waals surface area contributed by atoms with Crippen molar-refractivity contribution in [2.75, 3.05) is 11.1 Å². The van der Waals surface area contributed by atoms with E-state index in [0.717, 1.165) is 6.42 Å². The van der Waals surface area contributed by atoms with Crippen molar-refractivity contribution in [2.45, 2.75) is 37.7 Å². The zero-order chi connectivity index (χ0) is 14.6. The minimum absolute atomic E-state index is 0.0338. The van der Waals surface area contributed by atoms with Crippen LogP contribution in [-0.2, 0) is 15.6 Å². The van der Waals surface area contributed by atoms with Gasteiger partial charge in [0.25, 0.3) is 0 Å². The summed E-state index contributed by atoms with van der Waals surface area (Å²) >= 11 is 0. The van der Waals surface area contributed by atoms with Crippen molar-refractivity contribution in [3.63, 3.8) is 0 Å². The number of hydrogen-bond acceptors (Lipinski definition) is 3. The molecule has 106 valence electrons. The molecule has 0 saturated heterocycles. The molecule has 6 heteroatoms. The van der Waals surface area contributed by atoms with Gasteiger partial charge in [0.1, 0.15) is 11.1 Å². The van der Waals surface area contributed by atoms with Crippen LogP contribution >= 0.6 is 0 Å². The van der Waals surface area contributed by atoms with Crippen LogP contribution in [0.25, 0.3) is 0 Å². The summed E-state index contributed by atoms with van der Waals surface area (Å²) in [5.74, 6) is -0.890. The fourth-order valence-corrected chi connectivity index (χ4v) is 2.78. The summed E-state index contributed by atoms with van der Waals surface area (Å²) in [6, 6.07) is 3.94. The molecule has 0 radical (unpaired) electrons. The SMILES string of the molecule is CCC(C)S(=O)C(C)C(=O)Nc1ccc(F)c(N)c1. The van der Waals surface area contributed by atoms with Crippen LogP contribution in [0, 0.1) is 5.82 Å². The Morgan fingerprint density at radius 2 is 2.11 bits per heavy atom. The number of anilines is 2. The number of rotatable bonds is 5. The molecule has 0 spiro atoms. The first-order chi connectivity index (χ1) is 8.86. The van der Waals surface area contributed by atoms with Gasteiger partial charge in [0.15, 0.2) is 0 Å². The van der Waals surface area contributed by atoms with E-state index in [4.69, 9.17) is 5.73 Å². The second-order valence-corrected chi connectivity index (χ2v) is 6.58. The van der Waals surface area contributed by atoms with E-state index in [0.29, 0.717) is 5.69 Å². The average molecular weight is 286 g/mol. The van der Waals surface area contributed by atoms with E-state index < -0.39 is 21.9 Å². The first-order valence-corrected chi connectivity index (χ1v) is 7.39. The molecule has 0 bridgehead atoms. The molecule has 19 heavy (non-hydrogen) atoms. The number of amides is 1. The molecule has 4 nitrogen and oxygen atoms in total. The quantitative estimate of drug-likeness (QED) is 0.816. The normalized spacial score (nSPS) is 15.6. The Kier molecular flexibility index (Phi) is 5.47. The summed E-state index contributed by atoms with van der Waals surface area (Å²) in [5.41, 5.74) is 5.78. The van der Waals surface area contributed by atoms with E-state index in [1.807, 2.05) is 13.8 Å². The molecule has 3 atom stereocenters. The van der Waals surface area contributed by atoms with Crippen LogP contribution in [0.3, 0.4) is 0 Å². The molecule has 0 aromatic heterocycles. The van der Waals surface area contributed by atoms with Crippen LogP contribution in [0.5, 0.6) is 0 Å². The Bertz CT molecular complexity index is 494. The molecule has 1 aromatic rings. The molecule has 0 fully saturated rings. The minimum atomic E-state index is -1.24. The third kappa shape index (κ3) is 4.02. The van der Waals surface area contributed by atoms with E-state index in [-0.39, 0.29) is 16.8 Å². The lowest BCUT2D eigenvalue weighted by atomic mass is 10.2. The Morgan fingerprint density at radius 1 is 1.47 bits per heavy atom. The second-order valence-electron chi connectivity index (χ2n) is 4.42. The van der Waals surface area contributed by atoms with Crippen molar-refractivity contribution >= 4 is 28.1 Å². The van der Waals surface area contributed by atoms with Gasteiger partial charge < -0.3 is 11.1 Å². The van der Waals surface area contributed by atoms with Crippen molar-refractivity contribution in [3.05, 3.63) is 24.0 Å². The maximum atomic E-state index is 13.0. The van der Waals surface area contributed by atoms with Crippen LogP contribution in [0.2, 0.25) is 0 Å². The van der Waals surface area contributed by atoms with Crippen molar-refractivity contribution in [1.82, 2.24) is 0 Å². The highest BCUT2D eigenvalue weighted by Crippen LogP contribution is 2.17. The van der Waals surface area contributed by atoms with Crippen molar-refractivity contribution in [1.29, 1.82) is 0 Å². The van der Waals surface area contributed by atoms with Gasteiger partial charge in [-0.05, 0) is 31.5 Å². The Hall–Kier alpha value is -1.43.